The minimum Gasteiger partial charge on any atom is -0.479 e. The molecule has 0 aliphatic rings. The van der Waals surface area contributed by atoms with Gasteiger partial charge in [-0.15, -0.1) is 11.3 Å². The van der Waals surface area contributed by atoms with Crippen molar-refractivity contribution < 1.29 is 14.7 Å². The first kappa shape index (κ1) is 15.0. The van der Waals surface area contributed by atoms with Gasteiger partial charge in [-0.1, -0.05) is 30.3 Å². The number of aryl methyl sites for hydroxylation is 1. The molecular weight excluding hydrogens is 286 g/mol. The number of carboxylic acids is 1. The minimum atomic E-state index is -1.09. The second kappa shape index (κ2) is 6.85. The lowest BCUT2D eigenvalue weighted by Crippen LogP contribution is -2.32. The highest BCUT2D eigenvalue weighted by molar-refractivity contribution is 7.11. The first-order valence-electron chi connectivity index (χ1n) is 6.38. The third-order valence-corrected chi connectivity index (χ3v) is 3.94. The van der Waals surface area contributed by atoms with E-state index in [9.17, 15) is 14.7 Å². The van der Waals surface area contributed by atoms with Crippen LogP contribution in [-0.4, -0.2) is 17.0 Å². The van der Waals surface area contributed by atoms with Crippen LogP contribution in [-0.2, 0) is 9.59 Å². The van der Waals surface area contributed by atoms with E-state index >= 15 is 0 Å². The normalized spacial score (nSPS) is 12.2. The van der Waals surface area contributed by atoms with Crippen molar-refractivity contribution in [3.63, 3.8) is 0 Å². The summed E-state index contributed by atoms with van der Waals surface area (Å²) < 4.78 is 0. The van der Waals surface area contributed by atoms with Crippen LogP contribution in [0.2, 0.25) is 0 Å². The van der Waals surface area contributed by atoms with Gasteiger partial charge in [0.15, 0.2) is 6.04 Å². The van der Waals surface area contributed by atoms with Gasteiger partial charge in [0.05, 0.1) is 0 Å². The molecule has 0 fully saturated rings. The maximum atomic E-state index is 11.9. The molecule has 0 unspecified atom stereocenters. The van der Waals surface area contributed by atoms with Crippen molar-refractivity contribution in [3.8, 4) is 0 Å². The Morgan fingerprint density at radius 1 is 1.24 bits per heavy atom. The number of carbonyl (C=O) groups excluding carboxylic acids is 1. The van der Waals surface area contributed by atoms with Crippen LogP contribution in [0.15, 0.2) is 47.9 Å². The van der Waals surface area contributed by atoms with Gasteiger partial charge in [-0.3, -0.25) is 4.79 Å². The van der Waals surface area contributed by atoms with Crippen LogP contribution in [0.3, 0.4) is 0 Å². The molecule has 0 aliphatic carbocycles. The summed E-state index contributed by atoms with van der Waals surface area (Å²) >= 11 is 1.53. The number of benzene rings is 1. The molecule has 2 rings (SSSR count). The van der Waals surface area contributed by atoms with Gasteiger partial charge in [0.1, 0.15) is 0 Å². The summed E-state index contributed by atoms with van der Waals surface area (Å²) in [6, 6.07) is 9.53. The Hall–Kier alpha value is -2.40. The molecule has 0 aliphatic heterocycles. The zero-order valence-electron chi connectivity index (χ0n) is 11.4. The predicted molar refractivity (Wildman–Crippen MR) is 83.1 cm³/mol. The quantitative estimate of drug-likeness (QED) is 0.834. The van der Waals surface area contributed by atoms with Crippen molar-refractivity contribution in [2.75, 3.05) is 0 Å². The topological polar surface area (TPSA) is 66.4 Å². The van der Waals surface area contributed by atoms with Gasteiger partial charge in [-0.2, -0.15) is 0 Å². The summed E-state index contributed by atoms with van der Waals surface area (Å²) in [4.78, 5) is 24.1. The molecule has 0 spiro atoms. The molecule has 1 aromatic heterocycles. The number of carbonyl (C=O) groups is 2. The summed E-state index contributed by atoms with van der Waals surface area (Å²) in [6.07, 6.45) is 3.05. The van der Waals surface area contributed by atoms with Crippen LogP contribution in [0.4, 0.5) is 0 Å². The number of rotatable bonds is 5. The Labute approximate surface area is 126 Å². The van der Waals surface area contributed by atoms with Gasteiger partial charge in [-0.05, 0) is 35.6 Å². The predicted octanol–water partition coefficient (Wildman–Crippen LogP) is 3.01. The van der Waals surface area contributed by atoms with E-state index in [1.54, 1.807) is 36.4 Å². The average Bonchev–Trinajstić information content (AvgIpc) is 2.88. The largest absolute Gasteiger partial charge is 0.479 e. The lowest BCUT2D eigenvalue weighted by molar-refractivity contribution is -0.141. The second-order valence-corrected chi connectivity index (χ2v) is 5.44. The standard InChI is InChI=1S/C16H15NO3S/c1-11-9-10-21-13(11)7-8-14(18)17-15(16(19)20)12-5-3-2-4-6-12/h2-10,15H,1H3,(H,17,18)(H,19,20)/b8-7+/t15-/m0/s1. The number of carboxylic acid groups (broad SMARTS) is 1. The van der Waals surface area contributed by atoms with Gasteiger partial charge < -0.3 is 10.4 Å². The third kappa shape index (κ3) is 4.03. The van der Waals surface area contributed by atoms with E-state index in [0.29, 0.717) is 5.56 Å². The molecule has 1 aromatic carbocycles. The average molecular weight is 301 g/mol. The number of hydrogen-bond donors (Lipinski definition) is 2. The Morgan fingerprint density at radius 2 is 1.95 bits per heavy atom. The Bertz CT molecular complexity index is 661. The highest BCUT2D eigenvalue weighted by atomic mass is 32.1. The van der Waals surface area contributed by atoms with E-state index in [1.807, 2.05) is 18.4 Å². The van der Waals surface area contributed by atoms with Crippen LogP contribution >= 0.6 is 11.3 Å². The van der Waals surface area contributed by atoms with Crippen molar-refractivity contribution in [2.45, 2.75) is 13.0 Å². The maximum Gasteiger partial charge on any atom is 0.330 e. The molecule has 1 heterocycles. The zero-order valence-corrected chi connectivity index (χ0v) is 12.3. The zero-order chi connectivity index (χ0) is 15.2. The Morgan fingerprint density at radius 3 is 2.52 bits per heavy atom. The fraction of sp³-hybridized carbons (Fsp3) is 0.125. The van der Waals surface area contributed by atoms with E-state index in [4.69, 9.17) is 0 Å². The highest BCUT2D eigenvalue weighted by Gasteiger charge is 2.20. The van der Waals surface area contributed by atoms with E-state index in [2.05, 4.69) is 5.32 Å². The van der Waals surface area contributed by atoms with Crippen LogP contribution in [0.5, 0.6) is 0 Å². The van der Waals surface area contributed by atoms with Crippen molar-refractivity contribution in [1.29, 1.82) is 0 Å². The minimum absolute atomic E-state index is 0.431. The third-order valence-electron chi connectivity index (χ3n) is 2.95. The number of aliphatic carboxylic acids is 1. The molecule has 4 nitrogen and oxygen atoms in total. The molecule has 0 radical (unpaired) electrons. The summed E-state index contributed by atoms with van der Waals surface area (Å²) in [5.74, 6) is -1.52. The van der Waals surface area contributed by atoms with Crippen LogP contribution in [0.1, 0.15) is 22.0 Å². The van der Waals surface area contributed by atoms with E-state index in [-0.39, 0.29) is 0 Å². The molecule has 1 amide bonds. The van der Waals surface area contributed by atoms with E-state index in [1.165, 1.54) is 17.4 Å². The van der Waals surface area contributed by atoms with Crippen molar-refractivity contribution in [3.05, 3.63) is 63.9 Å². The van der Waals surface area contributed by atoms with Crippen LogP contribution in [0, 0.1) is 6.92 Å². The van der Waals surface area contributed by atoms with Crippen molar-refractivity contribution in [2.24, 2.45) is 0 Å². The molecule has 2 aromatic rings. The number of amides is 1. The lowest BCUT2D eigenvalue weighted by atomic mass is 10.1. The summed E-state index contributed by atoms with van der Waals surface area (Å²) in [5.41, 5.74) is 1.63. The molecule has 108 valence electrons. The molecule has 5 heteroatoms. The summed E-state index contributed by atoms with van der Waals surface area (Å²) in [7, 11) is 0. The van der Waals surface area contributed by atoms with Gasteiger partial charge in [-0.25, -0.2) is 4.79 Å². The first-order chi connectivity index (χ1) is 10.1. The second-order valence-electron chi connectivity index (χ2n) is 4.49. The fourth-order valence-electron chi connectivity index (χ4n) is 1.83. The Balaban J connectivity index is 2.08. The Kier molecular flexibility index (Phi) is 4.90. The monoisotopic (exact) mass is 301 g/mol. The molecule has 2 N–H and O–H groups in total. The number of hydrogen-bond acceptors (Lipinski definition) is 3. The first-order valence-corrected chi connectivity index (χ1v) is 7.26. The molecular formula is C16H15NO3S. The van der Waals surface area contributed by atoms with Gasteiger partial charge >= 0.3 is 5.97 Å². The van der Waals surface area contributed by atoms with E-state index in [0.717, 1.165) is 10.4 Å². The summed E-state index contributed by atoms with van der Waals surface area (Å²) in [5, 5.41) is 13.7. The van der Waals surface area contributed by atoms with Gasteiger partial charge in [0, 0.05) is 11.0 Å². The van der Waals surface area contributed by atoms with Crippen molar-refractivity contribution >= 4 is 29.3 Å². The molecule has 1 atom stereocenters. The van der Waals surface area contributed by atoms with Crippen LogP contribution < -0.4 is 5.32 Å². The lowest BCUT2D eigenvalue weighted by Gasteiger charge is -2.13. The number of thiophene rings is 1. The van der Waals surface area contributed by atoms with Crippen molar-refractivity contribution in [1.82, 2.24) is 5.32 Å². The molecule has 0 saturated heterocycles. The SMILES string of the molecule is Cc1ccsc1/C=C/C(=O)N[C@H](C(=O)O)c1ccccc1. The van der Waals surface area contributed by atoms with Gasteiger partial charge in [0.2, 0.25) is 5.91 Å². The smallest absolute Gasteiger partial charge is 0.330 e. The summed E-state index contributed by atoms with van der Waals surface area (Å²) in [6.45, 7) is 1.96. The van der Waals surface area contributed by atoms with Gasteiger partial charge in [0.25, 0.3) is 0 Å². The molecule has 0 bridgehead atoms. The van der Waals surface area contributed by atoms with Crippen LogP contribution in [0.25, 0.3) is 6.08 Å². The number of nitrogens with one attached hydrogen (secondary N) is 1. The fourth-order valence-corrected chi connectivity index (χ4v) is 2.65. The molecule has 0 saturated carbocycles. The highest BCUT2D eigenvalue weighted by Crippen LogP contribution is 2.17. The maximum absolute atomic E-state index is 11.9. The van der Waals surface area contributed by atoms with E-state index < -0.39 is 17.9 Å². The molecule has 21 heavy (non-hydrogen) atoms.